The van der Waals surface area contributed by atoms with E-state index in [0.717, 1.165) is 0 Å². The number of benzene rings is 1. The number of carbonyl (C=O) groups is 2. The van der Waals surface area contributed by atoms with Gasteiger partial charge in [-0.3, -0.25) is 14.9 Å². The third kappa shape index (κ3) is 3.35. The van der Waals surface area contributed by atoms with E-state index >= 15 is 0 Å². The van der Waals surface area contributed by atoms with Gasteiger partial charge in [0.1, 0.15) is 11.9 Å². The number of para-hydroxylation sites is 1. The molecule has 0 spiro atoms. The van der Waals surface area contributed by atoms with Crippen molar-refractivity contribution < 1.29 is 14.0 Å². The van der Waals surface area contributed by atoms with Crippen LogP contribution in [0.1, 0.15) is 6.42 Å². The molecule has 25 heavy (non-hydrogen) atoms. The first-order chi connectivity index (χ1) is 12.0. The van der Waals surface area contributed by atoms with Crippen LogP contribution in [0.15, 0.2) is 41.5 Å². The lowest BCUT2D eigenvalue weighted by Gasteiger charge is -2.17. The van der Waals surface area contributed by atoms with Gasteiger partial charge in [-0.1, -0.05) is 12.1 Å². The summed E-state index contributed by atoms with van der Waals surface area (Å²) in [4.78, 5) is 41.3. The Labute approximate surface area is 142 Å². The number of hydrogen-bond acceptors (Lipinski definition) is 4. The molecule has 2 heterocycles. The lowest BCUT2D eigenvalue weighted by atomic mass is 10.2. The Hall–Kier alpha value is -3.23. The molecule has 130 valence electrons. The van der Waals surface area contributed by atoms with Crippen molar-refractivity contribution in [1.29, 1.82) is 0 Å². The molecule has 2 aromatic rings. The van der Waals surface area contributed by atoms with E-state index in [1.54, 1.807) is 6.07 Å². The zero-order valence-corrected chi connectivity index (χ0v) is 13.4. The van der Waals surface area contributed by atoms with Crippen molar-refractivity contribution >= 4 is 23.4 Å². The van der Waals surface area contributed by atoms with Crippen LogP contribution >= 0.6 is 0 Å². The highest BCUT2D eigenvalue weighted by Gasteiger charge is 2.34. The van der Waals surface area contributed by atoms with Gasteiger partial charge in [-0.05, 0) is 18.6 Å². The summed E-state index contributed by atoms with van der Waals surface area (Å²) in [7, 11) is 1.53. The Kier molecular flexibility index (Phi) is 4.46. The second-order valence-electron chi connectivity index (χ2n) is 5.57. The van der Waals surface area contributed by atoms with Crippen molar-refractivity contribution in [3.63, 3.8) is 0 Å². The fourth-order valence-electron chi connectivity index (χ4n) is 2.61. The predicted molar refractivity (Wildman–Crippen MR) is 88.8 cm³/mol. The summed E-state index contributed by atoms with van der Waals surface area (Å²) in [6, 6.07) is 4.43. The van der Waals surface area contributed by atoms with E-state index in [4.69, 9.17) is 0 Å². The summed E-state index contributed by atoms with van der Waals surface area (Å²) >= 11 is 0. The van der Waals surface area contributed by atoms with Crippen LogP contribution < -0.4 is 21.1 Å². The van der Waals surface area contributed by atoms with E-state index in [-0.39, 0.29) is 18.1 Å². The number of urea groups is 1. The molecule has 1 aliphatic heterocycles. The van der Waals surface area contributed by atoms with Crippen LogP contribution in [0.2, 0.25) is 0 Å². The number of anilines is 2. The minimum absolute atomic E-state index is 0.140. The zero-order chi connectivity index (χ0) is 18.0. The van der Waals surface area contributed by atoms with Crippen LogP contribution in [0.3, 0.4) is 0 Å². The van der Waals surface area contributed by atoms with Crippen molar-refractivity contribution in [3.05, 3.63) is 52.8 Å². The topological polar surface area (TPSA) is 96.3 Å². The summed E-state index contributed by atoms with van der Waals surface area (Å²) in [6.07, 6.45) is 3.16. The molecule has 1 fully saturated rings. The molecule has 1 saturated heterocycles. The smallest absolute Gasteiger partial charge is 0.321 e. The van der Waals surface area contributed by atoms with Crippen LogP contribution in [0.4, 0.5) is 20.7 Å². The normalized spacial score (nSPS) is 16.8. The predicted octanol–water partition coefficient (Wildman–Crippen LogP) is 0.846. The highest BCUT2D eigenvalue weighted by Crippen LogP contribution is 2.24. The number of carbonyl (C=O) groups excluding carboxylic acids is 2. The Balaban J connectivity index is 1.67. The number of amides is 3. The van der Waals surface area contributed by atoms with E-state index < -0.39 is 29.4 Å². The summed E-state index contributed by atoms with van der Waals surface area (Å²) in [5.41, 5.74) is -0.292. The molecular formula is C16H16FN5O3. The highest BCUT2D eigenvalue weighted by molar-refractivity contribution is 6.02. The summed E-state index contributed by atoms with van der Waals surface area (Å²) in [6.45, 7) is 0.288. The molecule has 0 bridgehead atoms. The first kappa shape index (κ1) is 16.6. The highest BCUT2D eigenvalue weighted by atomic mass is 19.1. The molecule has 9 heteroatoms. The first-order valence-corrected chi connectivity index (χ1v) is 7.62. The molecular weight excluding hydrogens is 329 g/mol. The van der Waals surface area contributed by atoms with Crippen LogP contribution in [0.25, 0.3) is 0 Å². The van der Waals surface area contributed by atoms with E-state index in [0.29, 0.717) is 6.42 Å². The number of rotatable bonds is 3. The van der Waals surface area contributed by atoms with Gasteiger partial charge >= 0.3 is 6.03 Å². The number of nitrogens with one attached hydrogen (secondary N) is 2. The van der Waals surface area contributed by atoms with Crippen molar-refractivity contribution in [2.24, 2.45) is 7.05 Å². The van der Waals surface area contributed by atoms with Crippen molar-refractivity contribution in [2.75, 3.05) is 16.8 Å². The Bertz CT molecular complexity index is 882. The lowest BCUT2D eigenvalue weighted by molar-refractivity contribution is -0.118. The van der Waals surface area contributed by atoms with E-state index in [2.05, 4.69) is 15.6 Å². The fourth-order valence-corrected chi connectivity index (χ4v) is 2.61. The number of halogens is 1. The largest absolute Gasteiger partial charge is 0.326 e. The maximum Gasteiger partial charge on any atom is 0.321 e. The van der Waals surface area contributed by atoms with Gasteiger partial charge in [-0.25, -0.2) is 14.2 Å². The monoisotopic (exact) mass is 345 g/mol. The van der Waals surface area contributed by atoms with Gasteiger partial charge in [0.05, 0.1) is 5.69 Å². The molecule has 1 aliphatic rings. The zero-order valence-electron chi connectivity index (χ0n) is 13.4. The number of nitrogens with zero attached hydrogens (tertiary/aromatic N) is 3. The Morgan fingerprint density at radius 3 is 2.84 bits per heavy atom. The van der Waals surface area contributed by atoms with Crippen LogP contribution in [-0.2, 0) is 11.8 Å². The summed E-state index contributed by atoms with van der Waals surface area (Å²) < 4.78 is 15.1. The minimum atomic E-state index is -0.799. The van der Waals surface area contributed by atoms with Gasteiger partial charge in [-0.15, -0.1) is 0 Å². The standard InChI is InChI=1S/C16H16FN5O3/c1-21-9-7-18-13(15(21)24)20-16(25)19-11-6-8-22(14(11)23)12-5-3-2-4-10(12)17/h2-5,7,9,11H,6,8H2,1H3,(H2,18,19,20,25)/t11-/m1/s1. The molecule has 1 atom stereocenters. The maximum atomic E-state index is 13.8. The Morgan fingerprint density at radius 2 is 2.08 bits per heavy atom. The van der Waals surface area contributed by atoms with Gasteiger partial charge in [0.15, 0.2) is 0 Å². The second kappa shape index (κ2) is 6.71. The molecule has 8 nitrogen and oxygen atoms in total. The third-order valence-electron chi connectivity index (χ3n) is 3.90. The molecule has 3 amide bonds. The molecule has 0 saturated carbocycles. The quantitative estimate of drug-likeness (QED) is 0.862. The van der Waals surface area contributed by atoms with Crippen LogP contribution in [-0.4, -0.2) is 34.1 Å². The van der Waals surface area contributed by atoms with Gasteiger partial charge in [0.2, 0.25) is 11.7 Å². The SMILES string of the molecule is Cn1ccnc(NC(=O)N[C@@H]2CCN(c3ccccc3F)C2=O)c1=O. The molecule has 2 N–H and O–H groups in total. The molecule has 1 aromatic carbocycles. The maximum absolute atomic E-state index is 13.8. The fraction of sp³-hybridized carbons (Fsp3) is 0.250. The molecule has 0 radical (unpaired) electrons. The molecule has 0 aliphatic carbocycles. The third-order valence-corrected chi connectivity index (χ3v) is 3.90. The molecule has 3 rings (SSSR count). The van der Waals surface area contributed by atoms with Crippen molar-refractivity contribution in [3.8, 4) is 0 Å². The van der Waals surface area contributed by atoms with E-state index in [1.165, 1.54) is 47.1 Å². The average Bonchev–Trinajstić information content (AvgIpc) is 2.93. The number of hydrogen-bond donors (Lipinski definition) is 2. The second-order valence-corrected chi connectivity index (χ2v) is 5.57. The molecule has 0 unspecified atom stereocenters. The van der Waals surface area contributed by atoms with E-state index in [9.17, 15) is 18.8 Å². The van der Waals surface area contributed by atoms with Gasteiger partial charge < -0.3 is 14.8 Å². The number of aromatic nitrogens is 2. The van der Waals surface area contributed by atoms with Crippen molar-refractivity contribution in [2.45, 2.75) is 12.5 Å². The van der Waals surface area contributed by atoms with Crippen LogP contribution in [0.5, 0.6) is 0 Å². The van der Waals surface area contributed by atoms with Crippen LogP contribution in [0, 0.1) is 5.82 Å². The lowest BCUT2D eigenvalue weighted by Crippen LogP contribution is -2.44. The average molecular weight is 345 g/mol. The first-order valence-electron chi connectivity index (χ1n) is 7.62. The summed E-state index contributed by atoms with van der Waals surface area (Å²) in [5, 5.41) is 4.82. The minimum Gasteiger partial charge on any atom is -0.326 e. The van der Waals surface area contributed by atoms with Gasteiger partial charge in [-0.2, -0.15) is 0 Å². The van der Waals surface area contributed by atoms with Gasteiger partial charge in [0.25, 0.3) is 5.56 Å². The summed E-state index contributed by atoms with van der Waals surface area (Å²) in [5.74, 6) is -1.05. The Morgan fingerprint density at radius 1 is 1.32 bits per heavy atom. The molecule has 1 aromatic heterocycles. The van der Waals surface area contributed by atoms with E-state index in [1.807, 2.05) is 0 Å². The van der Waals surface area contributed by atoms with Crippen molar-refractivity contribution in [1.82, 2.24) is 14.9 Å². The van der Waals surface area contributed by atoms with Gasteiger partial charge in [0, 0.05) is 26.0 Å². The number of aryl methyl sites for hydroxylation is 1.